The molecule has 0 aromatic heterocycles. The van der Waals surface area contributed by atoms with Crippen LogP contribution in [0.4, 0.5) is 0 Å². The number of hydrogen-bond acceptors (Lipinski definition) is 4. The maximum absolute atomic E-state index is 10.7. The first-order valence-electron chi connectivity index (χ1n) is 2.73. The smallest absolute Gasteiger partial charge is 0.325 e. The molecule has 1 fully saturated rings. The Balaban J connectivity index is 2.65. The Kier molecular flexibility index (Phi) is 1.68. The van der Waals surface area contributed by atoms with E-state index in [1.807, 2.05) is 0 Å². The van der Waals surface area contributed by atoms with Crippen LogP contribution in [0, 0.1) is 0 Å². The van der Waals surface area contributed by atoms with E-state index in [2.05, 4.69) is 12.6 Å². The number of esters is 1. The van der Waals surface area contributed by atoms with E-state index in [1.165, 1.54) is 0 Å². The third kappa shape index (κ3) is 1.04. The van der Waals surface area contributed by atoms with Crippen molar-refractivity contribution < 1.29 is 9.53 Å². The minimum Gasteiger partial charge on any atom is -0.436 e. The molecule has 2 atom stereocenters. The monoisotopic (exact) mass is 147 g/mol. The van der Waals surface area contributed by atoms with Crippen molar-refractivity contribution in [1.82, 2.24) is 4.90 Å². The molecule has 0 aromatic rings. The van der Waals surface area contributed by atoms with Crippen LogP contribution < -0.4 is 0 Å². The Bertz CT molecular complexity index is 139. The van der Waals surface area contributed by atoms with Gasteiger partial charge in [0.2, 0.25) is 5.56 Å². The van der Waals surface area contributed by atoms with Gasteiger partial charge in [-0.15, -0.1) is 12.6 Å². The van der Waals surface area contributed by atoms with E-state index in [1.54, 1.807) is 18.9 Å². The number of cyclic esters (lactones) is 1. The fourth-order valence-electron chi connectivity index (χ4n) is 0.643. The van der Waals surface area contributed by atoms with Crippen LogP contribution in [0.1, 0.15) is 6.92 Å². The van der Waals surface area contributed by atoms with Crippen molar-refractivity contribution in [3.8, 4) is 0 Å². The van der Waals surface area contributed by atoms with Crippen molar-refractivity contribution in [1.29, 1.82) is 0 Å². The molecule has 9 heavy (non-hydrogen) atoms. The SMILES string of the molecule is C[C@H]1C(=O)O[C@@H](S)N1C. The maximum Gasteiger partial charge on any atom is 0.325 e. The highest BCUT2D eigenvalue weighted by atomic mass is 32.1. The molecule has 0 aromatic carbocycles. The summed E-state index contributed by atoms with van der Waals surface area (Å²) in [7, 11) is 1.80. The molecule has 0 amide bonds. The van der Waals surface area contributed by atoms with Gasteiger partial charge in [-0.3, -0.25) is 4.79 Å². The van der Waals surface area contributed by atoms with Crippen LogP contribution >= 0.6 is 12.6 Å². The fourth-order valence-corrected chi connectivity index (χ4v) is 0.947. The van der Waals surface area contributed by atoms with Gasteiger partial charge in [0.1, 0.15) is 6.04 Å². The average Bonchev–Trinajstić information content (AvgIpc) is 1.98. The summed E-state index contributed by atoms with van der Waals surface area (Å²) in [4.78, 5) is 12.4. The number of likely N-dealkylation sites (N-methyl/N-ethyl adjacent to an activating group) is 1. The van der Waals surface area contributed by atoms with Crippen LogP contribution in [0.15, 0.2) is 0 Å². The summed E-state index contributed by atoms with van der Waals surface area (Å²) >= 11 is 3.99. The number of ether oxygens (including phenoxy) is 1. The maximum atomic E-state index is 10.7. The average molecular weight is 147 g/mol. The van der Waals surface area contributed by atoms with Crippen molar-refractivity contribution in [3.63, 3.8) is 0 Å². The molecule has 1 aliphatic rings. The number of carbonyl (C=O) groups is 1. The predicted octanol–water partition coefficient (Wildman–Crippen LogP) is 0.0769. The lowest BCUT2D eigenvalue weighted by Crippen LogP contribution is -2.28. The molecule has 4 heteroatoms. The van der Waals surface area contributed by atoms with Crippen molar-refractivity contribution in [2.75, 3.05) is 7.05 Å². The van der Waals surface area contributed by atoms with Gasteiger partial charge < -0.3 is 4.74 Å². The van der Waals surface area contributed by atoms with E-state index in [4.69, 9.17) is 4.74 Å². The Hall–Kier alpha value is -0.220. The molecular weight excluding hydrogens is 138 g/mol. The second kappa shape index (κ2) is 2.19. The molecule has 0 saturated carbocycles. The zero-order valence-corrected chi connectivity index (χ0v) is 6.26. The molecule has 0 unspecified atom stereocenters. The molecule has 1 saturated heterocycles. The van der Waals surface area contributed by atoms with E-state index in [0.717, 1.165) is 0 Å². The zero-order valence-electron chi connectivity index (χ0n) is 5.37. The minimum atomic E-state index is -0.354. The van der Waals surface area contributed by atoms with Crippen molar-refractivity contribution in [2.45, 2.75) is 18.5 Å². The van der Waals surface area contributed by atoms with Gasteiger partial charge in [0, 0.05) is 0 Å². The van der Waals surface area contributed by atoms with E-state index in [-0.39, 0.29) is 17.6 Å². The highest BCUT2D eigenvalue weighted by molar-refractivity contribution is 7.80. The highest BCUT2D eigenvalue weighted by Crippen LogP contribution is 2.17. The lowest BCUT2D eigenvalue weighted by atomic mass is 10.3. The molecule has 0 aliphatic carbocycles. The molecular formula is C5H9NO2S. The summed E-state index contributed by atoms with van der Waals surface area (Å²) in [6.07, 6.45) is 0. The first kappa shape index (κ1) is 6.89. The topological polar surface area (TPSA) is 29.5 Å². The molecule has 0 spiro atoms. The molecule has 1 heterocycles. The summed E-state index contributed by atoms with van der Waals surface area (Å²) in [5.41, 5.74) is -0.354. The van der Waals surface area contributed by atoms with E-state index in [9.17, 15) is 4.79 Å². The number of carbonyl (C=O) groups excluding carboxylic acids is 1. The lowest BCUT2D eigenvalue weighted by Gasteiger charge is -2.12. The first-order chi connectivity index (χ1) is 4.13. The Morgan fingerprint density at radius 1 is 1.78 bits per heavy atom. The van der Waals surface area contributed by atoms with E-state index in [0.29, 0.717) is 0 Å². The summed E-state index contributed by atoms with van der Waals surface area (Å²) in [6, 6.07) is -0.146. The van der Waals surface area contributed by atoms with Crippen LogP contribution in [0.5, 0.6) is 0 Å². The normalized spacial score (nSPS) is 37.0. The van der Waals surface area contributed by atoms with E-state index < -0.39 is 0 Å². The van der Waals surface area contributed by atoms with Gasteiger partial charge >= 0.3 is 5.97 Å². The quantitative estimate of drug-likeness (QED) is 0.388. The van der Waals surface area contributed by atoms with Gasteiger partial charge in [-0.25, -0.2) is 4.90 Å². The molecule has 3 nitrogen and oxygen atoms in total. The summed E-state index contributed by atoms with van der Waals surface area (Å²) in [5, 5.41) is 0. The van der Waals surface area contributed by atoms with Crippen molar-refractivity contribution in [3.05, 3.63) is 0 Å². The number of hydrogen-bond donors (Lipinski definition) is 1. The molecule has 52 valence electrons. The lowest BCUT2D eigenvalue weighted by molar-refractivity contribution is -0.139. The van der Waals surface area contributed by atoms with Gasteiger partial charge in [-0.05, 0) is 14.0 Å². The fraction of sp³-hybridized carbons (Fsp3) is 0.800. The van der Waals surface area contributed by atoms with Gasteiger partial charge in [-0.2, -0.15) is 0 Å². The minimum absolute atomic E-state index is 0.146. The molecule has 1 rings (SSSR count). The standard InChI is InChI=1S/C5H9NO2S/c1-3-4(7)8-5(9)6(3)2/h3,5,9H,1-2H3/t3-,5-/m0/s1. The zero-order chi connectivity index (χ0) is 7.02. The van der Waals surface area contributed by atoms with Gasteiger partial charge in [0.25, 0.3) is 0 Å². The highest BCUT2D eigenvalue weighted by Gasteiger charge is 2.33. The molecule has 0 N–H and O–H groups in total. The number of nitrogens with zero attached hydrogens (tertiary/aromatic N) is 1. The van der Waals surface area contributed by atoms with Crippen molar-refractivity contribution >= 4 is 18.6 Å². The number of rotatable bonds is 0. The van der Waals surface area contributed by atoms with E-state index >= 15 is 0 Å². The molecule has 0 radical (unpaired) electrons. The largest absolute Gasteiger partial charge is 0.436 e. The van der Waals surface area contributed by atoms with Gasteiger partial charge in [-0.1, -0.05) is 0 Å². The van der Waals surface area contributed by atoms with Crippen LogP contribution in [0.25, 0.3) is 0 Å². The van der Waals surface area contributed by atoms with Crippen LogP contribution in [0.2, 0.25) is 0 Å². The summed E-state index contributed by atoms with van der Waals surface area (Å²) in [6.45, 7) is 1.79. The third-order valence-electron chi connectivity index (χ3n) is 1.52. The van der Waals surface area contributed by atoms with Crippen LogP contribution in [-0.2, 0) is 9.53 Å². The van der Waals surface area contributed by atoms with Crippen LogP contribution in [-0.4, -0.2) is 29.5 Å². The van der Waals surface area contributed by atoms with Gasteiger partial charge in [0.15, 0.2) is 0 Å². The third-order valence-corrected chi connectivity index (χ3v) is 1.99. The first-order valence-corrected chi connectivity index (χ1v) is 3.25. The number of thiol groups is 1. The summed E-state index contributed by atoms with van der Waals surface area (Å²) < 4.78 is 4.74. The molecule has 0 bridgehead atoms. The van der Waals surface area contributed by atoms with Crippen molar-refractivity contribution in [2.24, 2.45) is 0 Å². The predicted molar refractivity (Wildman–Crippen MR) is 36.1 cm³/mol. The molecule has 1 aliphatic heterocycles. The second-order valence-corrected chi connectivity index (χ2v) is 2.55. The second-order valence-electron chi connectivity index (χ2n) is 2.10. The van der Waals surface area contributed by atoms with Crippen LogP contribution in [0.3, 0.4) is 0 Å². The Labute approximate surface area is 59.4 Å². The van der Waals surface area contributed by atoms with Gasteiger partial charge in [0.05, 0.1) is 0 Å². The Morgan fingerprint density at radius 3 is 2.44 bits per heavy atom. The Morgan fingerprint density at radius 2 is 2.33 bits per heavy atom. The summed E-state index contributed by atoms with van der Waals surface area (Å²) in [5.74, 6) is -0.197.